The minimum Gasteiger partial charge on any atom is -0.368 e. The van der Waals surface area contributed by atoms with Gasteiger partial charge in [0, 0.05) is 23.5 Å². The van der Waals surface area contributed by atoms with E-state index < -0.39 is 0 Å². The molecule has 0 spiro atoms. The second-order valence-electron chi connectivity index (χ2n) is 5.32. The number of nitrogens with two attached hydrogens (primary N) is 1. The van der Waals surface area contributed by atoms with E-state index in [4.69, 9.17) is 5.73 Å². The largest absolute Gasteiger partial charge is 0.368 e. The van der Waals surface area contributed by atoms with Crippen molar-refractivity contribution >= 4 is 17.4 Å². The molecule has 1 aromatic carbocycles. The van der Waals surface area contributed by atoms with E-state index in [1.54, 1.807) is 11.8 Å². The predicted molar refractivity (Wildman–Crippen MR) is 86.2 cm³/mol. The van der Waals surface area contributed by atoms with Gasteiger partial charge in [0.15, 0.2) is 0 Å². The topological polar surface area (TPSA) is 53.0 Å². The van der Waals surface area contributed by atoms with E-state index in [9.17, 15) is 5.26 Å². The van der Waals surface area contributed by atoms with Gasteiger partial charge in [-0.05, 0) is 51.0 Å². The van der Waals surface area contributed by atoms with Crippen molar-refractivity contribution in [2.75, 3.05) is 17.7 Å². The van der Waals surface area contributed by atoms with Crippen LogP contribution in [0.4, 0.5) is 5.69 Å². The summed E-state index contributed by atoms with van der Waals surface area (Å²) in [7, 11) is 0. The molecule has 0 aliphatic heterocycles. The second-order valence-corrected chi connectivity index (χ2v) is 6.17. The molecule has 0 amide bonds. The van der Waals surface area contributed by atoms with Crippen LogP contribution in [0.15, 0.2) is 23.1 Å². The van der Waals surface area contributed by atoms with Crippen LogP contribution in [0.1, 0.15) is 38.2 Å². The third-order valence-electron chi connectivity index (χ3n) is 4.17. The molecule has 0 bridgehead atoms. The summed E-state index contributed by atoms with van der Waals surface area (Å²) in [6, 6.07) is 9.43. The zero-order chi connectivity index (χ0) is 14.5. The molecule has 1 aromatic rings. The Balaban J connectivity index is 2.30. The van der Waals surface area contributed by atoms with E-state index in [1.165, 1.54) is 0 Å². The maximum absolute atomic E-state index is 9.51. The molecule has 1 saturated carbocycles. The molecule has 0 unspecified atom stereocenters. The van der Waals surface area contributed by atoms with Crippen molar-refractivity contribution in [3.63, 3.8) is 0 Å². The molecule has 0 aromatic heterocycles. The van der Waals surface area contributed by atoms with Crippen LogP contribution in [0.5, 0.6) is 0 Å². The lowest BCUT2D eigenvalue weighted by atomic mass is 9.90. The van der Waals surface area contributed by atoms with Gasteiger partial charge in [-0.15, -0.1) is 11.8 Å². The van der Waals surface area contributed by atoms with Gasteiger partial charge >= 0.3 is 0 Å². The standard InChI is InChI=1S/C16H23N3S/c1-3-19(13-9-7-12(18)8-10-13)15-5-4-6-16(20-2)14(15)11-17/h4-6,12-13H,3,7-10,18H2,1-2H3. The van der Waals surface area contributed by atoms with Crippen molar-refractivity contribution in [1.29, 1.82) is 5.26 Å². The molecule has 0 radical (unpaired) electrons. The third-order valence-corrected chi connectivity index (χ3v) is 4.95. The summed E-state index contributed by atoms with van der Waals surface area (Å²) >= 11 is 1.64. The summed E-state index contributed by atoms with van der Waals surface area (Å²) in [6.07, 6.45) is 6.46. The van der Waals surface area contributed by atoms with E-state index in [-0.39, 0.29) is 0 Å². The number of anilines is 1. The van der Waals surface area contributed by atoms with Crippen molar-refractivity contribution in [3.05, 3.63) is 23.8 Å². The van der Waals surface area contributed by atoms with Gasteiger partial charge in [0.25, 0.3) is 0 Å². The lowest BCUT2D eigenvalue weighted by molar-refractivity contribution is 0.378. The Morgan fingerprint density at radius 1 is 1.35 bits per heavy atom. The Labute approximate surface area is 126 Å². The number of hydrogen-bond donors (Lipinski definition) is 1. The molecule has 2 rings (SSSR count). The first kappa shape index (κ1) is 15.2. The Hall–Kier alpha value is -1.18. The zero-order valence-electron chi connectivity index (χ0n) is 12.3. The quantitative estimate of drug-likeness (QED) is 0.863. The minimum absolute atomic E-state index is 0.359. The van der Waals surface area contributed by atoms with Gasteiger partial charge in [0.2, 0.25) is 0 Å². The van der Waals surface area contributed by atoms with Gasteiger partial charge in [-0.1, -0.05) is 6.07 Å². The van der Waals surface area contributed by atoms with Crippen LogP contribution < -0.4 is 10.6 Å². The minimum atomic E-state index is 0.359. The smallest absolute Gasteiger partial charge is 0.103 e. The molecule has 0 saturated heterocycles. The molecular formula is C16H23N3S. The first-order valence-electron chi connectivity index (χ1n) is 7.30. The summed E-state index contributed by atoms with van der Waals surface area (Å²) in [6.45, 7) is 3.11. The maximum Gasteiger partial charge on any atom is 0.103 e. The SMILES string of the molecule is CCN(c1cccc(SC)c1C#N)C1CCC(N)CC1. The molecule has 1 aliphatic carbocycles. The monoisotopic (exact) mass is 289 g/mol. The van der Waals surface area contributed by atoms with Crippen molar-refractivity contribution in [3.8, 4) is 6.07 Å². The number of hydrogen-bond acceptors (Lipinski definition) is 4. The first-order chi connectivity index (χ1) is 9.71. The molecule has 108 valence electrons. The van der Waals surface area contributed by atoms with E-state index in [0.29, 0.717) is 12.1 Å². The molecule has 2 N–H and O–H groups in total. The first-order valence-corrected chi connectivity index (χ1v) is 8.53. The van der Waals surface area contributed by atoms with E-state index in [2.05, 4.69) is 30.0 Å². The van der Waals surface area contributed by atoms with Gasteiger partial charge in [-0.2, -0.15) is 5.26 Å². The molecule has 3 nitrogen and oxygen atoms in total. The highest BCUT2D eigenvalue weighted by Gasteiger charge is 2.25. The number of rotatable bonds is 4. The fourth-order valence-corrected chi connectivity index (χ4v) is 3.65. The van der Waals surface area contributed by atoms with E-state index in [1.807, 2.05) is 12.3 Å². The summed E-state index contributed by atoms with van der Waals surface area (Å²) < 4.78 is 0. The lowest BCUT2D eigenvalue weighted by Crippen LogP contribution is -2.41. The fourth-order valence-electron chi connectivity index (χ4n) is 3.08. The van der Waals surface area contributed by atoms with Gasteiger partial charge in [0.05, 0.1) is 11.3 Å². The van der Waals surface area contributed by atoms with E-state index in [0.717, 1.165) is 48.4 Å². The van der Waals surface area contributed by atoms with Gasteiger partial charge in [0.1, 0.15) is 6.07 Å². The number of thioether (sulfide) groups is 1. The summed E-state index contributed by atoms with van der Waals surface area (Å²) in [4.78, 5) is 3.46. The van der Waals surface area contributed by atoms with Crippen molar-refractivity contribution in [2.45, 2.75) is 49.6 Å². The van der Waals surface area contributed by atoms with Crippen molar-refractivity contribution in [2.24, 2.45) is 5.73 Å². The van der Waals surface area contributed by atoms with Gasteiger partial charge < -0.3 is 10.6 Å². The predicted octanol–water partition coefficient (Wildman–Crippen LogP) is 3.38. The van der Waals surface area contributed by atoms with Crippen LogP contribution in [-0.4, -0.2) is 24.9 Å². The molecule has 20 heavy (non-hydrogen) atoms. The highest BCUT2D eigenvalue weighted by atomic mass is 32.2. The Bertz CT molecular complexity index is 487. The zero-order valence-corrected chi connectivity index (χ0v) is 13.1. The molecule has 1 fully saturated rings. The molecular weight excluding hydrogens is 266 g/mol. The molecule has 4 heteroatoms. The van der Waals surface area contributed by atoms with E-state index >= 15 is 0 Å². The summed E-state index contributed by atoms with van der Waals surface area (Å²) in [5.41, 5.74) is 7.91. The summed E-state index contributed by atoms with van der Waals surface area (Å²) in [5.74, 6) is 0. The van der Waals surface area contributed by atoms with Crippen LogP contribution in [-0.2, 0) is 0 Å². The Kier molecular flexibility index (Phi) is 5.33. The van der Waals surface area contributed by atoms with Crippen LogP contribution in [0, 0.1) is 11.3 Å². The Morgan fingerprint density at radius 2 is 2.05 bits per heavy atom. The molecule has 1 aliphatic rings. The highest BCUT2D eigenvalue weighted by molar-refractivity contribution is 7.98. The second kappa shape index (κ2) is 7.01. The normalized spacial score (nSPS) is 22.3. The van der Waals surface area contributed by atoms with Crippen LogP contribution >= 0.6 is 11.8 Å². The van der Waals surface area contributed by atoms with Gasteiger partial charge in [-0.3, -0.25) is 0 Å². The molecule has 0 atom stereocenters. The average Bonchev–Trinajstić information content (AvgIpc) is 2.49. The fraction of sp³-hybridized carbons (Fsp3) is 0.562. The van der Waals surface area contributed by atoms with Crippen molar-refractivity contribution < 1.29 is 0 Å². The van der Waals surface area contributed by atoms with Crippen LogP contribution in [0.2, 0.25) is 0 Å². The van der Waals surface area contributed by atoms with Crippen LogP contribution in [0.25, 0.3) is 0 Å². The molecule has 0 heterocycles. The number of nitrogens with zero attached hydrogens (tertiary/aromatic N) is 2. The van der Waals surface area contributed by atoms with Gasteiger partial charge in [-0.25, -0.2) is 0 Å². The highest BCUT2D eigenvalue weighted by Crippen LogP contribution is 2.33. The Morgan fingerprint density at radius 3 is 2.60 bits per heavy atom. The summed E-state index contributed by atoms with van der Waals surface area (Å²) in [5, 5.41) is 9.51. The van der Waals surface area contributed by atoms with Crippen LogP contribution in [0.3, 0.4) is 0 Å². The van der Waals surface area contributed by atoms with Crippen molar-refractivity contribution in [1.82, 2.24) is 0 Å². The third kappa shape index (κ3) is 3.11. The lowest BCUT2D eigenvalue weighted by Gasteiger charge is -2.37. The average molecular weight is 289 g/mol. The maximum atomic E-state index is 9.51. The number of benzene rings is 1. The number of nitriles is 1.